The van der Waals surface area contributed by atoms with E-state index in [-0.39, 0.29) is 25.5 Å². The van der Waals surface area contributed by atoms with Gasteiger partial charge in [-0.15, -0.1) is 0 Å². The maximum absolute atomic E-state index is 12.7. The molecular weight excluding hydrogens is 520 g/mol. The molecule has 0 atom stereocenters. The molecule has 1 heterocycles. The summed E-state index contributed by atoms with van der Waals surface area (Å²) in [6.45, 7) is -0.748. The first-order valence-corrected chi connectivity index (χ1v) is 12.1. The van der Waals surface area contributed by atoms with Gasteiger partial charge in [0.05, 0.1) is 16.0 Å². The predicted molar refractivity (Wildman–Crippen MR) is 125 cm³/mol. The van der Waals surface area contributed by atoms with Gasteiger partial charge in [-0.3, -0.25) is 20.2 Å². The van der Waals surface area contributed by atoms with Crippen LogP contribution in [0.5, 0.6) is 0 Å². The molecule has 0 radical (unpaired) electrons. The number of nitrogens with zero attached hydrogens (tertiary/aromatic N) is 3. The van der Waals surface area contributed by atoms with Gasteiger partial charge in [0.1, 0.15) is 15.9 Å². The summed E-state index contributed by atoms with van der Waals surface area (Å²) in [4.78, 5) is 37.9. The zero-order chi connectivity index (χ0) is 25.6. The van der Waals surface area contributed by atoms with E-state index in [1.54, 1.807) is 30.3 Å². The Morgan fingerprint density at radius 1 is 1.20 bits per heavy atom. The number of nitro groups is 1. The largest absolute Gasteiger partial charge is 0.451 e. The van der Waals surface area contributed by atoms with Gasteiger partial charge in [0.2, 0.25) is 9.84 Å². The van der Waals surface area contributed by atoms with Crippen LogP contribution in [0.3, 0.4) is 0 Å². The van der Waals surface area contributed by atoms with Gasteiger partial charge in [-0.1, -0.05) is 35.1 Å². The number of nitro benzene ring substituents is 1. The van der Waals surface area contributed by atoms with Gasteiger partial charge >= 0.3 is 5.97 Å². The van der Waals surface area contributed by atoms with E-state index in [1.165, 1.54) is 6.08 Å². The van der Waals surface area contributed by atoms with Crippen LogP contribution in [0.1, 0.15) is 5.56 Å². The highest BCUT2D eigenvalue weighted by Crippen LogP contribution is 2.29. The number of thiazole rings is 1. The second-order valence-electron chi connectivity index (χ2n) is 6.58. The van der Waals surface area contributed by atoms with Crippen LogP contribution in [0, 0.1) is 21.4 Å². The predicted octanol–water partition coefficient (Wildman–Crippen LogP) is 3.63. The topological polar surface area (TPSA) is 169 Å². The molecule has 1 amide bonds. The number of non-ortho nitro benzene ring substituents is 1. The number of aromatic nitrogens is 1. The van der Waals surface area contributed by atoms with Crippen molar-refractivity contribution in [1.82, 2.24) is 4.98 Å². The first kappa shape index (κ1) is 25.5. The summed E-state index contributed by atoms with van der Waals surface area (Å²) in [5, 5.41) is 22.6. The molecule has 178 valence electrons. The van der Waals surface area contributed by atoms with Crippen molar-refractivity contribution in [3.8, 4) is 6.07 Å². The van der Waals surface area contributed by atoms with Gasteiger partial charge in [-0.25, -0.2) is 18.2 Å². The van der Waals surface area contributed by atoms with Crippen molar-refractivity contribution in [2.24, 2.45) is 0 Å². The van der Waals surface area contributed by atoms with Crippen LogP contribution in [0.2, 0.25) is 5.02 Å². The van der Waals surface area contributed by atoms with Crippen molar-refractivity contribution in [3.63, 3.8) is 0 Å². The lowest BCUT2D eigenvalue weighted by molar-refractivity contribution is -0.384. The van der Waals surface area contributed by atoms with Gasteiger partial charge in [0, 0.05) is 17.2 Å². The smallest absolute Gasteiger partial charge is 0.349 e. The normalized spacial score (nSPS) is 11.4. The molecule has 35 heavy (non-hydrogen) atoms. The van der Waals surface area contributed by atoms with Gasteiger partial charge < -0.3 is 4.74 Å². The minimum Gasteiger partial charge on any atom is -0.451 e. The molecule has 11 nitrogen and oxygen atoms in total. The Morgan fingerprint density at radius 2 is 1.86 bits per heavy atom. The Morgan fingerprint density at radius 3 is 2.46 bits per heavy atom. The molecule has 3 rings (SSSR count). The number of carbonyl (C=O) groups excluding carboxylic acids is 2. The zero-order valence-electron chi connectivity index (χ0n) is 17.4. The van der Waals surface area contributed by atoms with Gasteiger partial charge in [0.15, 0.2) is 11.7 Å². The van der Waals surface area contributed by atoms with Crippen molar-refractivity contribution in [1.29, 1.82) is 5.26 Å². The number of carbonyl (C=O) groups is 2. The average molecular weight is 533 g/mol. The molecular formula is C21H13ClN4O7S2. The number of sulfone groups is 1. The van der Waals surface area contributed by atoms with E-state index >= 15 is 0 Å². The highest BCUT2D eigenvalue weighted by Gasteiger charge is 2.23. The molecule has 3 aromatic rings. The maximum Gasteiger partial charge on any atom is 0.349 e. The Hall–Kier alpha value is -4.12. The molecule has 2 aromatic carbocycles. The lowest BCUT2D eigenvalue weighted by Crippen LogP contribution is -2.21. The number of anilines is 1. The van der Waals surface area contributed by atoms with Gasteiger partial charge in [-0.05, 0) is 35.9 Å². The Balaban J connectivity index is 1.61. The number of halogens is 1. The number of benzene rings is 2. The molecule has 0 bridgehead atoms. The number of ether oxygens (including phenoxy) is 1. The summed E-state index contributed by atoms with van der Waals surface area (Å²) < 4.78 is 30.0. The highest BCUT2D eigenvalue weighted by atomic mass is 35.5. The summed E-state index contributed by atoms with van der Waals surface area (Å²) in [7, 11) is -4.02. The van der Waals surface area contributed by atoms with Crippen LogP contribution < -0.4 is 5.32 Å². The number of hydrogen-bond acceptors (Lipinski definition) is 10. The molecule has 1 N–H and O–H groups in total. The fourth-order valence-electron chi connectivity index (χ4n) is 2.53. The molecule has 0 spiro atoms. The number of nitriles is 1. The third-order valence-corrected chi connectivity index (χ3v) is 7.60. The Bertz CT molecular complexity index is 1460. The second-order valence-corrected chi connectivity index (χ2v) is 10.2. The minimum absolute atomic E-state index is 0.0799. The molecule has 14 heteroatoms. The second kappa shape index (κ2) is 10.9. The van der Waals surface area contributed by atoms with Crippen LogP contribution in [0.4, 0.5) is 10.8 Å². The Kier molecular flexibility index (Phi) is 7.92. The van der Waals surface area contributed by atoms with Crippen molar-refractivity contribution in [2.45, 2.75) is 9.10 Å². The summed E-state index contributed by atoms with van der Waals surface area (Å²) in [5.41, 5.74) is -0.0823. The third kappa shape index (κ3) is 6.48. The monoisotopic (exact) mass is 532 g/mol. The molecule has 1 aromatic heterocycles. The van der Waals surface area contributed by atoms with Crippen molar-refractivity contribution in [2.75, 3.05) is 11.9 Å². The molecule has 0 aliphatic heterocycles. The van der Waals surface area contributed by atoms with E-state index in [4.69, 9.17) is 16.3 Å². The Labute approximate surface area is 207 Å². The lowest BCUT2D eigenvalue weighted by Gasteiger charge is -2.04. The van der Waals surface area contributed by atoms with E-state index in [9.17, 15) is 33.4 Å². The first-order valence-electron chi connectivity index (χ1n) is 9.40. The molecule has 0 saturated heterocycles. The number of hydrogen-bond donors (Lipinski definition) is 1. The van der Waals surface area contributed by atoms with E-state index in [0.717, 1.165) is 30.5 Å². The molecule has 0 aliphatic rings. The summed E-state index contributed by atoms with van der Waals surface area (Å²) >= 11 is 6.43. The van der Waals surface area contributed by atoms with E-state index in [2.05, 4.69) is 10.3 Å². The highest BCUT2D eigenvalue weighted by molar-refractivity contribution is 7.93. The quantitative estimate of drug-likeness (QED) is 0.149. The summed E-state index contributed by atoms with van der Waals surface area (Å²) in [5.74, 6) is -1.84. The van der Waals surface area contributed by atoms with E-state index in [0.29, 0.717) is 21.9 Å². The zero-order valence-corrected chi connectivity index (χ0v) is 19.8. The number of amides is 1. The van der Waals surface area contributed by atoms with Crippen LogP contribution >= 0.6 is 22.9 Å². The molecule has 0 aliphatic carbocycles. The standard InChI is InChI=1S/C21H13ClN4O7S2/c22-15-3-1-13(2-4-15)9-14(10-23)20(28)33-12-18(27)25-21-24-11-19(34-21)35(31,32)17-7-5-16(6-8-17)26(29)30/h1-9,11H,12H2,(H,24,25,27). The SMILES string of the molecule is N#CC(=Cc1ccc(Cl)cc1)C(=O)OCC(=O)Nc1ncc(S(=O)(=O)c2ccc([N+](=O)[O-])cc2)s1. The maximum atomic E-state index is 12.7. The molecule has 0 unspecified atom stereocenters. The molecule has 0 saturated carbocycles. The van der Waals surface area contributed by atoms with Gasteiger partial charge in [0.25, 0.3) is 11.6 Å². The van der Waals surface area contributed by atoms with Crippen LogP contribution in [-0.2, 0) is 24.2 Å². The fourth-order valence-corrected chi connectivity index (χ4v) is 5.11. The summed E-state index contributed by atoms with van der Waals surface area (Å²) in [6, 6.07) is 12.3. The average Bonchev–Trinajstić information content (AvgIpc) is 3.31. The van der Waals surface area contributed by atoms with Gasteiger partial charge in [-0.2, -0.15) is 5.26 Å². The van der Waals surface area contributed by atoms with E-state index < -0.39 is 33.2 Å². The van der Waals surface area contributed by atoms with E-state index in [1.807, 2.05) is 0 Å². The lowest BCUT2D eigenvalue weighted by atomic mass is 10.1. The van der Waals surface area contributed by atoms with Crippen molar-refractivity contribution >= 4 is 61.5 Å². The van der Waals surface area contributed by atoms with Crippen molar-refractivity contribution in [3.05, 3.63) is 81.0 Å². The number of nitrogens with one attached hydrogen (secondary N) is 1. The fraction of sp³-hybridized carbons (Fsp3) is 0.0476. The number of rotatable bonds is 8. The van der Waals surface area contributed by atoms with Crippen LogP contribution in [0.15, 0.2) is 69.4 Å². The summed E-state index contributed by atoms with van der Waals surface area (Å²) in [6.07, 6.45) is 2.29. The van der Waals surface area contributed by atoms with Crippen LogP contribution in [-0.4, -0.2) is 36.8 Å². The first-order chi connectivity index (χ1) is 16.6. The third-order valence-electron chi connectivity index (χ3n) is 4.21. The minimum atomic E-state index is -4.02. The number of esters is 1. The van der Waals surface area contributed by atoms with Crippen LogP contribution in [0.25, 0.3) is 6.08 Å². The molecule has 0 fully saturated rings. The van der Waals surface area contributed by atoms with Crippen molar-refractivity contribution < 1.29 is 27.7 Å².